The molecule has 2 rings (SSSR count). The summed E-state index contributed by atoms with van der Waals surface area (Å²) in [5.41, 5.74) is 7.26. The molecular formula is C13H11F2N. The zero-order chi connectivity index (χ0) is 11.5. The summed E-state index contributed by atoms with van der Waals surface area (Å²) in [4.78, 5) is 0. The molecule has 0 aliphatic carbocycles. The van der Waals surface area contributed by atoms with Gasteiger partial charge in [0.15, 0.2) is 0 Å². The zero-order valence-corrected chi connectivity index (χ0v) is 8.58. The molecule has 0 saturated carbocycles. The van der Waals surface area contributed by atoms with Crippen LogP contribution < -0.4 is 5.73 Å². The molecule has 0 spiro atoms. The second-order valence-electron chi connectivity index (χ2n) is 3.53. The van der Waals surface area contributed by atoms with Crippen molar-refractivity contribution in [1.29, 1.82) is 0 Å². The summed E-state index contributed by atoms with van der Waals surface area (Å²) in [5, 5.41) is 0. The molecule has 0 atom stereocenters. The molecule has 0 fully saturated rings. The standard InChI is InChI=1S/C13H11F2N/c14-11-4-2-10(3-5-11)12-6-1-9(8-16)7-13(12)15/h1-7H,8,16H2. The molecule has 0 bridgehead atoms. The monoisotopic (exact) mass is 219 g/mol. The highest BCUT2D eigenvalue weighted by Crippen LogP contribution is 2.23. The van der Waals surface area contributed by atoms with Crippen LogP contribution in [0, 0.1) is 11.6 Å². The molecule has 0 aliphatic heterocycles. The summed E-state index contributed by atoms with van der Waals surface area (Å²) in [6.45, 7) is 0.306. The fraction of sp³-hybridized carbons (Fsp3) is 0.0769. The quantitative estimate of drug-likeness (QED) is 0.825. The molecule has 3 heteroatoms. The first kappa shape index (κ1) is 10.8. The van der Waals surface area contributed by atoms with Crippen LogP contribution in [0.5, 0.6) is 0 Å². The van der Waals surface area contributed by atoms with Crippen molar-refractivity contribution in [3.63, 3.8) is 0 Å². The number of halogens is 2. The predicted molar refractivity (Wildman–Crippen MR) is 59.7 cm³/mol. The first-order valence-electron chi connectivity index (χ1n) is 4.95. The molecule has 0 saturated heterocycles. The van der Waals surface area contributed by atoms with E-state index in [2.05, 4.69) is 0 Å². The third-order valence-electron chi connectivity index (χ3n) is 2.42. The van der Waals surface area contributed by atoms with Crippen molar-refractivity contribution in [2.45, 2.75) is 6.54 Å². The van der Waals surface area contributed by atoms with Gasteiger partial charge in [0.05, 0.1) is 0 Å². The van der Waals surface area contributed by atoms with Crippen LogP contribution in [0.2, 0.25) is 0 Å². The van der Waals surface area contributed by atoms with Crippen molar-refractivity contribution in [2.24, 2.45) is 5.73 Å². The van der Waals surface area contributed by atoms with Crippen molar-refractivity contribution in [2.75, 3.05) is 0 Å². The van der Waals surface area contributed by atoms with Crippen LogP contribution in [-0.2, 0) is 6.54 Å². The molecular weight excluding hydrogens is 208 g/mol. The number of rotatable bonds is 2. The molecule has 2 N–H and O–H groups in total. The van der Waals surface area contributed by atoms with E-state index >= 15 is 0 Å². The van der Waals surface area contributed by atoms with Gasteiger partial charge < -0.3 is 5.73 Å². The number of hydrogen-bond acceptors (Lipinski definition) is 1. The van der Waals surface area contributed by atoms with Crippen LogP contribution in [0.3, 0.4) is 0 Å². The first-order chi connectivity index (χ1) is 7.70. The Bertz CT molecular complexity index is 492. The maximum Gasteiger partial charge on any atom is 0.131 e. The maximum absolute atomic E-state index is 13.7. The molecule has 0 aromatic heterocycles. The average molecular weight is 219 g/mol. The van der Waals surface area contributed by atoms with Crippen molar-refractivity contribution in [3.8, 4) is 11.1 Å². The molecule has 0 unspecified atom stereocenters. The Morgan fingerprint density at radius 3 is 2.19 bits per heavy atom. The highest BCUT2D eigenvalue weighted by atomic mass is 19.1. The summed E-state index contributed by atoms with van der Waals surface area (Å²) in [5.74, 6) is -0.669. The van der Waals surface area contributed by atoms with Gasteiger partial charge in [0.1, 0.15) is 11.6 Å². The lowest BCUT2D eigenvalue weighted by Gasteiger charge is -2.05. The van der Waals surface area contributed by atoms with Gasteiger partial charge in [-0.3, -0.25) is 0 Å². The first-order valence-corrected chi connectivity index (χ1v) is 4.95. The molecule has 2 aromatic carbocycles. The average Bonchev–Trinajstić information content (AvgIpc) is 2.30. The maximum atomic E-state index is 13.7. The Labute approximate surface area is 92.5 Å². The van der Waals surface area contributed by atoms with E-state index in [0.717, 1.165) is 5.56 Å². The molecule has 0 amide bonds. The Balaban J connectivity index is 2.44. The van der Waals surface area contributed by atoms with Gasteiger partial charge in [0.25, 0.3) is 0 Å². The fourth-order valence-electron chi connectivity index (χ4n) is 1.55. The lowest BCUT2D eigenvalue weighted by Crippen LogP contribution is -1.97. The lowest BCUT2D eigenvalue weighted by atomic mass is 10.0. The summed E-state index contributed by atoms with van der Waals surface area (Å²) >= 11 is 0. The van der Waals surface area contributed by atoms with Gasteiger partial charge in [-0.2, -0.15) is 0 Å². The Hall–Kier alpha value is -1.74. The van der Waals surface area contributed by atoms with Gasteiger partial charge in [0, 0.05) is 12.1 Å². The second-order valence-corrected chi connectivity index (χ2v) is 3.53. The number of nitrogens with two attached hydrogens (primary N) is 1. The largest absolute Gasteiger partial charge is 0.326 e. The molecule has 0 radical (unpaired) electrons. The van der Waals surface area contributed by atoms with Crippen LogP contribution in [0.15, 0.2) is 42.5 Å². The third-order valence-corrected chi connectivity index (χ3v) is 2.42. The van der Waals surface area contributed by atoms with E-state index in [4.69, 9.17) is 5.73 Å². The minimum absolute atomic E-state index is 0.306. The smallest absolute Gasteiger partial charge is 0.131 e. The predicted octanol–water partition coefficient (Wildman–Crippen LogP) is 3.09. The Morgan fingerprint density at radius 2 is 1.62 bits per heavy atom. The van der Waals surface area contributed by atoms with Crippen LogP contribution in [-0.4, -0.2) is 0 Å². The van der Waals surface area contributed by atoms with E-state index in [-0.39, 0.29) is 11.6 Å². The van der Waals surface area contributed by atoms with Gasteiger partial charge >= 0.3 is 0 Å². The van der Waals surface area contributed by atoms with Gasteiger partial charge in [0.2, 0.25) is 0 Å². The van der Waals surface area contributed by atoms with Crippen LogP contribution in [0.25, 0.3) is 11.1 Å². The summed E-state index contributed by atoms with van der Waals surface area (Å²) in [6, 6.07) is 10.5. The molecule has 1 nitrogen and oxygen atoms in total. The highest BCUT2D eigenvalue weighted by molar-refractivity contribution is 5.64. The molecule has 0 aliphatic rings. The molecule has 82 valence electrons. The number of benzene rings is 2. The van der Waals surface area contributed by atoms with Gasteiger partial charge in [-0.25, -0.2) is 8.78 Å². The van der Waals surface area contributed by atoms with Crippen LogP contribution in [0.1, 0.15) is 5.56 Å². The molecule has 2 aromatic rings. The Morgan fingerprint density at radius 1 is 0.938 bits per heavy atom. The van der Waals surface area contributed by atoms with Gasteiger partial charge in [-0.15, -0.1) is 0 Å². The fourth-order valence-corrected chi connectivity index (χ4v) is 1.55. The Kier molecular flexibility index (Phi) is 2.97. The minimum Gasteiger partial charge on any atom is -0.326 e. The third kappa shape index (κ3) is 2.09. The van der Waals surface area contributed by atoms with Crippen LogP contribution >= 0.6 is 0 Å². The number of hydrogen-bond donors (Lipinski definition) is 1. The van der Waals surface area contributed by atoms with Crippen molar-refractivity contribution in [3.05, 3.63) is 59.7 Å². The molecule has 0 heterocycles. The van der Waals surface area contributed by atoms with Gasteiger partial charge in [-0.1, -0.05) is 24.3 Å². The second kappa shape index (κ2) is 4.41. The lowest BCUT2D eigenvalue weighted by molar-refractivity contribution is 0.625. The highest BCUT2D eigenvalue weighted by Gasteiger charge is 2.05. The zero-order valence-electron chi connectivity index (χ0n) is 8.58. The SMILES string of the molecule is NCc1ccc(-c2ccc(F)cc2)c(F)c1. The summed E-state index contributed by atoms with van der Waals surface area (Å²) in [7, 11) is 0. The van der Waals surface area contributed by atoms with E-state index < -0.39 is 0 Å². The normalized spacial score (nSPS) is 10.4. The molecule has 16 heavy (non-hydrogen) atoms. The summed E-state index contributed by atoms with van der Waals surface area (Å²) in [6.07, 6.45) is 0. The van der Waals surface area contributed by atoms with Crippen molar-refractivity contribution >= 4 is 0 Å². The van der Waals surface area contributed by atoms with E-state index in [1.54, 1.807) is 24.3 Å². The van der Waals surface area contributed by atoms with E-state index in [1.165, 1.54) is 18.2 Å². The van der Waals surface area contributed by atoms with Gasteiger partial charge in [-0.05, 0) is 29.3 Å². The van der Waals surface area contributed by atoms with E-state index in [9.17, 15) is 8.78 Å². The van der Waals surface area contributed by atoms with Crippen LogP contribution in [0.4, 0.5) is 8.78 Å². The minimum atomic E-state index is -0.338. The van der Waals surface area contributed by atoms with Crippen molar-refractivity contribution < 1.29 is 8.78 Å². The summed E-state index contributed by atoms with van der Waals surface area (Å²) < 4.78 is 26.4. The van der Waals surface area contributed by atoms with Crippen molar-refractivity contribution in [1.82, 2.24) is 0 Å². The van der Waals surface area contributed by atoms with E-state index in [1.807, 2.05) is 0 Å². The topological polar surface area (TPSA) is 26.0 Å². The van der Waals surface area contributed by atoms with E-state index in [0.29, 0.717) is 17.7 Å².